The van der Waals surface area contributed by atoms with Gasteiger partial charge in [0.25, 0.3) is 0 Å². The molecule has 1 aliphatic rings. The number of hydrogen-bond acceptors (Lipinski definition) is 6. The number of fused-ring (bicyclic) bond motifs is 1. The predicted molar refractivity (Wildman–Crippen MR) is 92.6 cm³/mol. The van der Waals surface area contributed by atoms with E-state index in [2.05, 4.69) is 46.2 Å². The topological polar surface area (TPSA) is 62.9 Å². The highest BCUT2D eigenvalue weighted by Crippen LogP contribution is 2.39. The maximum atomic E-state index is 10.7. The number of ether oxygens (including phenoxy) is 1. The first kappa shape index (κ1) is 15.6. The number of morpholine rings is 1. The lowest BCUT2D eigenvalue weighted by atomic mass is 10.0. The van der Waals surface area contributed by atoms with E-state index in [9.17, 15) is 5.11 Å². The van der Waals surface area contributed by atoms with Gasteiger partial charge in [-0.05, 0) is 17.5 Å². The fourth-order valence-corrected chi connectivity index (χ4v) is 4.26. The Hall–Kier alpha value is -1.96. The molecule has 6 nitrogen and oxygen atoms in total. The van der Waals surface area contributed by atoms with Crippen molar-refractivity contribution in [3.05, 3.63) is 46.6 Å². The molecule has 1 fully saturated rings. The second-order valence-corrected chi connectivity index (χ2v) is 6.90. The van der Waals surface area contributed by atoms with E-state index >= 15 is 0 Å². The fraction of sp³-hybridized carbons (Fsp3) is 0.412. The van der Waals surface area contributed by atoms with E-state index in [1.165, 1.54) is 33.3 Å². The number of thiazole rings is 1. The SMILES string of the molecule is CCc1ccc(C(c2sc3ncnn3c2O)N2CCOCC2)cc1. The molecule has 24 heavy (non-hydrogen) atoms. The Balaban J connectivity index is 1.79. The van der Waals surface area contributed by atoms with Crippen molar-refractivity contribution in [2.45, 2.75) is 19.4 Å². The maximum Gasteiger partial charge on any atom is 0.230 e. The fourth-order valence-electron chi connectivity index (χ4n) is 3.17. The summed E-state index contributed by atoms with van der Waals surface area (Å²) in [6, 6.07) is 8.64. The molecule has 1 atom stereocenters. The van der Waals surface area contributed by atoms with Crippen molar-refractivity contribution in [3.63, 3.8) is 0 Å². The van der Waals surface area contributed by atoms with Gasteiger partial charge in [0.05, 0.1) is 24.1 Å². The van der Waals surface area contributed by atoms with E-state index in [1.54, 1.807) is 0 Å². The summed E-state index contributed by atoms with van der Waals surface area (Å²) in [6.07, 6.45) is 2.49. The molecule has 0 aliphatic carbocycles. The summed E-state index contributed by atoms with van der Waals surface area (Å²) in [4.78, 5) is 8.17. The highest BCUT2D eigenvalue weighted by atomic mass is 32.1. The van der Waals surface area contributed by atoms with Crippen LogP contribution in [0.1, 0.15) is 29.0 Å². The van der Waals surface area contributed by atoms with Gasteiger partial charge >= 0.3 is 0 Å². The lowest BCUT2D eigenvalue weighted by molar-refractivity contribution is 0.0241. The third kappa shape index (κ3) is 2.68. The molecule has 0 amide bonds. The first-order chi connectivity index (χ1) is 11.8. The van der Waals surface area contributed by atoms with Gasteiger partial charge in [0.1, 0.15) is 6.33 Å². The first-order valence-corrected chi connectivity index (χ1v) is 9.01. The molecule has 3 heterocycles. The van der Waals surface area contributed by atoms with Gasteiger partial charge in [0.2, 0.25) is 10.8 Å². The lowest BCUT2D eigenvalue weighted by Crippen LogP contribution is -2.39. The van der Waals surface area contributed by atoms with Crippen molar-refractivity contribution in [1.29, 1.82) is 0 Å². The Labute approximate surface area is 144 Å². The number of benzene rings is 1. The summed E-state index contributed by atoms with van der Waals surface area (Å²) in [6.45, 7) is 5.26. The number of aryl methyl sites for hydroxylation is 1. The number of aromatic nitrogens is 3. The molecule has 4 rings (SSSR count). The minimum atomic E-state index is -0.00620. The molecule has 1 unspecified atom stereocenters. The number of aromatic hydroxyl groups is 1. The highest BCUT2D eigenvalue weighted by molar-refractivity contribution is 7.17. The van der Waals surface area contributed by atoms with Crippen LogP contribution in [-0.4, -0.2) is 50.9 Å². The molecule has 0 saturated carbocycles. The van der Waals surface area contributed by atoms with Crippen LogP contribution in [0.5, 0.6) is 5.88 Å². The Morgan fingerprint density at radius 2 is 2.00 bits per heavy atom. The van der Waals surface area contributed by atoms with E-state index < -0.39 is 0 Å². The quantitative estimate of drug-likeness (QED) is 0.788. The van der Waals surface area contributed by atoms with Gasteiger partial charge in [0.15, 0.2) is 0 Å². The monoisotopic (exact) mass is 344 g/mol. The smallest absolute Gasteiger partial charge is 0.230 e. The van der Waals surface area contributed by atoms with Gasteiger partial charge in [-0.3, -0.25) is 4.90 Å². The van der Waals surface area contributed by atoms with Crippen molar-refractivity contribution in [2.75, 3.05) is 26.3 Å². The summed E-state index contributed by atoms with van der Waals surface area (Å²) in [7, 11) is 0. The average Bonchev–Trinajstić information content (AvgIpc) is 3.21. The zero-order valence-electron chi connectivity index (χ0n) is 13.6. The Morgan fingerprint density at radius 1 is 1.25 bits per heavy atom. The summed E-state index contributed by atoms with van der Waals surface area (Å²) in [5.41, 5.74) is 2.49. The lowest BCUT2D eigenvalue weighted by Gasteiger charge is -2.34. The minimum absolute atomic E-state index is 0.00620. The van der Waals surface area contributed by atoms with Crippen molar-refractivity contribution in [1.82, 2.24) is 19.5 Å². The van der Waals surface area contributed by atoms with Crippen LogP contribution < -0.4 is 0 Å². The Morgan fingerprint density at radius 3 is 2.67 bits per heavy atom. The van der Waals surface area contributed by atoms with Crippen molar-refractivity contribution in [2.24, 2.45) is 0 Å². The maximum absolute atomic E-state index is 10.7. The summed E-state index contributed by atoms with van der Waals surface area (Å²) in [5, 5.41) is 14.8. The van der Waals surface area contributed by atoms with E-state index in [1.807, 2.05) is 0 Å². The third-order valence-corrected chi connectivity index (χ3v) is 5.59. The van der Waals surface area contributed by atoms with E-state index in [0.29, 0.717) is 18.2 Å². The molecule has 7 heteroatoms. The number of nitrogens with zero attached hydrogens (tertiary/aromatic N) is 4. The van der Waals surface area contributed by atoms with E-state index in [-0.39, 0.29) is 11.9 Å². The second kappa shape index (κ2) is 6.51. The average molecular weight is 344 g/mol. The van der Waals surface area contributed by atoms with Crippen LogP contribution in [0.4, 0.5) is 0 Å². The summed E-state index contributed by atoms with van der Waals surface area (Å²) < 4.78 is 7.01. The van der Waals surface area contributed by atoms with Gasteiger partial charge in [-0.15, -0.1) is 0 Å². The van der Waals surface area contributed by atoms with Crippen LogP contribution in [0.15, 0.2) is 30.6 Å². The van der Waals surface area contributed by atoms with Crippen LogP contribution >= 0.6 is 11.3 Å². The van der Waals surface area contributed by atoms with Gasteiger partial charge in [-0.1, -0.05) is 42.5 Å². The van der Waals surface area contributed by atoms with Gasteiger partial charge < -0.3 is 9.84 Å². The third-order valence-electron chi connectivity index (χ3n) is 4.50. The molecule has 0 bridgehead atoms. The standard InChI is InChI=1S/C17H20N4O2S/c1-2-12-3-5-13(6-4-12)14(20-7-9-23-10-8-20)15-16(22)21-17(24-15)18-11-19-21/h3-6,11,14,22H,2,7-10H2,1H3. The summed E-state index contributed by atoms with van der Waals surface area (Å²) >= 11 is 1.49. The number of hydrogen-bond donors (Lipinski definition) is 1. The zero-order chi connectivity index (χ0) is 16.5. The molecule has 3 aromatic rings. The van der Waals surface area contributed by atoms with Gasteiger partial charge in [0, 0.05) is 13.1 Å². The predicted octanol–water partition coefficient (Wildman–Crippen LogP) is 2.48. The second-order valence-electron chi connectivity index (χ2n) is 5.89. The van der Waals surface area contributed by atoms with Crippen LogP contribution in [0.25, 0.3) is 4.96 Å². The minimum Gasteiger partial charge on any atom is -0.492 e. The molecular weight excluding hydrogens is 324 g/mol. The molecule has 1 aromatic carbocycles. The van der Waals surface area contributed by atoms with Crippen LogP contribution in [0.2, 0.25) is 0 Å². The van der Waals surface area contributed by atoms with Crippen LogP contribution in [0.3, 0.4) is 0 Å². The molecule has 2 aromatic heterocycles. The molecule has 0 radical (unpaired) electrons. The van der Waals surface area contributed by atoms with Crippen molar-refractivity contribution < 1.29 is 9.84 Å². The van der Waals surface area contributed by atoms with Crippen molar-refractivity contribution in [3.8, 4) is 5.88 Å². The largest absolute Gasteiger partial charge is 0.492 e. The summed E-state index contributed by atoms with van der Waals surface area (Å²) in [5.74, 6) is 0.184. The normalized spacial score (nSPS) is 17.4. The molecule has 1 N–H and O–H groups in total. The van der Waals surface area contributed by atoms with Gasteiger partial charge in [-0.25, -0.2) is 4.98 Å². The van der Waals surface area contributed by atoms with Crippen molar-refractivity contribution >= 4 is 16.3 Å². The van der Waals surface area contributed by atoms with E-state index in [0.717, 1.165) is 24.4 Å². The Kier molecular flexibility index (Phi) is 4.22. The molecular formula is C17H20N4O2S. The molecule has 0 spiro atoms. The first-order valence-electron chi connectivity index (χ1n) is 8.20. The van der Waals surface area contributed by atoms with E-state index in [4.69, 9.17) is 4.74 Å². The number of rotatable bonds is 4. The Bertz CT molecular complexity index is 821. The highest BCUT2D eigenvalue weighted by Gasteiger charge is 2.30. The molecule has 1 saturated heterocycles. The van der Waals surface area contributed by atoms with Crippen LogP contribution in [-0.2, 0) is 11.2 Å². The van der Waals surface area contributed by atoms with Crippen LogP contribution in [0, 0.1) is 0 Å². The zero-order valence-corrected chi connectivity index (χ0v) is 14.4. The molecule has 1 aliphatic heterocycles. The van der Waals surface area contributed by atoms with Gasteiger partial charge in [-0.2, -0.15) is 9.61 Å². The molecule has 126 valence electrons.